The highest BCUT2D eigenvalue weighted by Gasteiger charge is 2.27. The van der Waals surface area contributed by atoms with E-state index in [2.05, 4.69) is 10.0 Å². The number of sulfonamides is 1. The maximum absolute atomic E-state index is 11.9. The van der Waals surface area contributed by atoms with Crippen molar-refractivity contribution in [1.82, 2.24) is 10.0 Å². The van der Waals surface area contributed by atoms with Crippen LogP contribution in [0.15, 0.2) is 29.2 Å². The summed E-state index contributed by atoms with van der Waals surface area (Å²) in [6, 6.07) is 5.42. The van der Waals surface area contributed by atoms with Crippen molar-refractivity contribution in [2.24, 2.45) is 5.41 Å². The van der Waals surface area contributed by atoms with Crippen LogP contribution in [0.4, 0.5) is 0 Å². The van der Waals surface area contributed by atoms with E-state index in [0.29, 0.717) is 0 Å². The van der Waals surface area contributed by atoms with Crippen LogP contribution in [0, 0.1) is 5.41 Å². The Balaban J connectivity index is 2.79. The number of aliphatic carboxylic acids is 1. The minimum atomic E-state index is -3.56. The van der Waals surface area contributed by atoms with Gasteiger partial charge in [-0.2, -0.15) is 0 Å². The summed E-state index contributed by atoms with van der Waals surface area (Å²) in [5, 5.41) is 11.5. The molecule has 0 aliphatic carbocycles. The molecule has 3 N–H and O–H groups in total. The number of nitrogens with one attached hydrogen (secondary N) is 2. The Morgan fingerprint density at radius 2 is 1.73 bits per heavy atom. The molecular formula is C14H20N2O5S. The molecule has 1 amide bonds. The van der Waals surface area contributed by atoms with E-state index in [1.165, 1.54) is 38.1 Å². The van der Waals surface area contributed by atoms with Gasteiger partial charge in [-0.3, -0.25) is 9.59 Å². The van der Waals surface area contributed by atoms with Crippen molar-refractivity contribution in [2.45, 2.75) is 25.7 Å². The maximum atomic E-state index is 11.9. The van der Waals surface area contributed by atoms with E-state index in [1.54, 1.807) is 6.92 Å². The molecule has 0 unspecified atom stereocenters. The largest absolute Gasteiger partial charge is 0.481 e. The van der Waals surface area contributed by atoms with E-state index >= 15 is 0 Å². The van der Waals surface area contributed by atoms with E-state index in [4.69, 9.17) is 5.11 Å². The van der Waals surface area contributed by atoms with Crippen LogP contribution in [0.1, 0.15) is 31.1 Å². The third-order valence-corrected chi connectivity index (χ3v) is 4.59. The number of carbonyl (C=O) groups is 2. The van der Waals surface area contributed by atoms with Crippen LogP contribution >= 0.6 is 0 Å². The molecule has 0 bridgehead atoms. The highest BCUT2D eigenvalue weighted by Crippen LogP contribution is 2.14. The quantitative estimate of drug-likeness (QED) is 0.686. The molecular weight excluding hydrogens is 308 g/mol. The number of hydrogen-bond acceptors (Lipinski definition) is 4. The van der Waals surface area contributed by atoms with Gasteiger partial charge in [0, 0.05) is 18.7 Å². The molecule has 1 rings (SSSR count). The van der Waals surface area contributed by atoms with Gasteiger partial charge in [-0.25, -0.2) is 13.1 Å². The van der Waals surface area contributed by atoms with Crippen molar-refractivity contribution in [3.8, 4) is 0 Å². The van der Waals surface area contributed by atoms with E-state index in [0.717, 1.165) is 0 Å². The molecule has 8 heteroatoms. The zero-order valence-electron chi connectivity index (χ0n) is 12.7. The lowest BCUT2D eigenvalue weighted by atomic mass is 9.94. The average Bonchev–Trinajstić information content (AvgIpc) is 2.44. The highest BCUT2D eigenvalue weighted by atomic mass is 32.2. The van der Waals surface area contributed by atoms with Gasteiger partial charge >= 0.3 is 5.97 Å². The lowest BCUT2D eigenvalue weighted by Crippen LogP contribution is -2.38. The van der Waals surface area contributed by atoms with Crippen molar-refractivity contribution in [2.75, 3.05) is 13.1 Å². The van der Waals surface area contributed by atoms with Crippen molar-refractivity contribution >= 4 is 21.9 Å². The van der Waals surface area contributed by atoms with Crippen molar-refractivity contribution in [3.63, 3.8) is 0 Å². The molecule has 0 saturated carbocycles. The van der Waals surface area contributed by atoms with E-state index in [9.17, 15) is 18.0 Å². The fraction of sp³-hybridized carbons (Fsp3) is 0.429. The van der Waals surface area contributed by atoms with Crippen LogP contribution in [-0.2, 0) is 14.8 Å². The second-order valence-corrected chi connectivity index (χ2v) is 7.16. The zero-order chi connectivity index (χ0) is 17.0. The molecule has 122 valence electrons. The predicted molar refractivity (Wildman–Crippen MR) is 81.1 cm³/mol. The lowest BCUT2D eigenvalue weighted by Gasteiger charge is -2.19. The van der Waals surface area contributed by atoms with E-state index in [1.807, 2.05) is 0 Å². The Hall–Kier alpha value is -1.93. The van der Waals surface area contributed by atoms with Gasteiger partial charge in [-0.1, -0.05) is 6.92 Å². The number of carbonyl (C=O) groups excluding carboxylic acids is 1. The van der Waals surface area contributed by atoms with Crippen LogP contribution in [0.25, 0.3) is 0 Å². The van der Waals surface area contributed by atoms with E-state index < -0.39 is 27.3 Å². The fourth-order valence-corrected chi connectivity index (χ4v) is 2.58. The van der Waals surface area contributed by atoms with Gasteiger partial charge in [-0.15, -0.1) is 0 Å². The number of amides is 1. The van der Waals surface area contributed by atoms with Gasteiger partial charge in [0.2, 0.25) is 10.0 Å². The van der Waals surface area contributed by atoms with Gasteiger partial charge in [0.25, 0.3) is 5.91 Å². The molecule has 1 aromatic rings. The summed E-state index contributed by atoms with van der Waals surface area (Å²) in [5.74, 6) is -1.47. The van der Waals surface area contributed by atoms with Gasteiger partial charge in [0.1, 0.15) is 0 Å². The van der Waals surface area contributed by atoms with Crippen LogP contribution in [-0.4, -0.2) is 38.5 Å². The molecule has 0 atom stereocenters. The number of carboxylic acids is 1. The molecule has 0 heterocycles. The summed E-state index contributed by atoms with van der Waals surface area (Å²) >= 11 is 0. The first-order valence-electron chi connectivity index (χ1n) is 6.71. The first-order chi connectivity index (χ1) is 10.1. The Kier molecular flexibility index (Phi) is 5.67. The van der Waals surface area contributed by atoms with E-state index in [-0.39, 0.29) is 23.5 Å². The van der Waals surface area contributed by atoms with Crippen molar-refractivity contribution in [3.05, 3.63) is 29.8 Å². The number of carboxylic acid groups (broad SMARTS) is 1. The third kappa shape index (κ3) is 4.54. The zero-order valence-corrected chi connectivity index (χ0v) is 13.5. The molecule has 0 radical (unpaired) electrons. The fourth-order valence-electron chi connectivity index (χ4n) is 1.54. The summed E-state index contributed by atoms with van der Waals surface area (Å²) in [7, 11) is -3.56. The molecule has 1 aromatic carbocycles. The summed E-state index contributed by atoms with van der Waals surface area (Å²) in [5.41, 5.74) is -0.819. The Morgan fingerprint density at radius 3 is 2.18 bits per heavy atom. The minimum absolute atomic E-state index is 0.0292. The smallest absolute Gasteiger partial charge is 0.310 e. The second-order valence-electron chi connectivity index (χ2n) is 5.40. The second kappa shape index (κ2) is 6.89. The molecule has 0 aliphatic rings. The summed E-state index contributed by atoms with van der Waals surface area (Å²) in [6.07, 6.45) is 0. The van der Waals surface area contributed by atoms with Crippen molar-refractivity contribution < 1.29 is 23.1 Å². The molecule has 0 spiro atoms. The predicted octanol–water partition coefficient (Wildman–Crippen LogP) is 0.825. The van der Waals surface area contributed by atoms with Gasteiger partial charge < -0.3 is 10.4 Å². The maximum Gasteiger partial charge on any atom is 0.310 e. The monoisotopic (exact) mass is 328 g/mol. The Labute approximate surface area is 129 Å². The van der Waals surface area contributed by atoms with Crippen LogP contribution in [0.2, 0.25) is 0 Å². The number of hydrogen-bond donors (Lipinski definition) is 3. The Bertz CT molecular complexity index is 650. The Morgan fingerprint density at radius 1 is 1.18 bits per heavy atom. The lowest BCUT2D eigenvalue weighted by molar-refractivity contribution is -0.146. The molecule has 0 aliphatic heterocycles. The minimum Gasteiger partial charge on any atom is -0.481 e. The van der Waals surface area contributed by atoms with Gasteiger partial charge in [0.05, 0.1) is 10.3 Å². The number of rotatable bonds is 7. The number of benzene rings is 1. The summed E-state index contributed by atoms with van der Waals surface area (Å²) < 4.78 is 25.9. The molecule has 7 nitrogen and oxygen atoms in total. The normalized spacial score (nSPS) is 12.0. The third-order valence-electron chi connectivity index (χ3n) is 3.03. The summed E-state index contributed by atoms with van der Waals surface area (Å²) in [4.78, 5) is 23.0. The van der Waals surface area contributed by atoms with Crippen LogP contribution < -0.4 is 10.0 Å². The molecule has 0 saturated heterocycles. The highest BCUT2D eigenvalue weighted by molar-refractivity contribution is 7.89. The first-order valence-corrected chi connectivity index (χ1v) is 8.20. The first kappa shape index (κ1) is 18.1. The van der Waals surface area contributed by atoms with Gasteiger partial charge in [0.15, 0.2) is 0 Å². The van der Waals surface area contributed by atoms with Crippen LogP contribution in [0.3, 0.4) is 0 Å². The average molecular weight is 328 g/mol. The van der Waals surface area contributed by atoms with Crippen LogP contribution in [0.5, 0.6) is 0 Å². The van der Waals surface area contributed by atoms with Gasteiger partial charge in [-0.05, 0) is 38.1 Å². The summed E-state index contributed by atoms with van der Waals surface area (Å²) in [6.45, 7) is 4.92. The standard InChI is InChI=1S/C14H20N2O5S/c1-4-16-22(20,21)11-7-5-10(6-8-11)12(17)15-9-14(2,3)13(18)19/h5-8,16H,4,9H2,1-3H3,(H,15,17)(H,18,19). The van der Waals surface area contributed by atoms with Crippen molar-refractivity contribution in [1.29, 1.82) is 0 Å². The molecule has 22 heavy (non-hydrogen) atoms. The molecule has 0 aromatic heterocycles. The SMILES string of the molecule is CCNS(=O)(=O)c1ccc(C(=O)NCC(C)(C)C(=O)O)cc1. The molecule has 0 fully saturated rings. The topological polar surface area (TPSA) is 113 Å².